The molecule has 28 heavy (non-hydrogen) atoms. The van der Waals surface area contributed by atoms with Crippen LogP contribution in [0.5, 0.6) is 0 Å². The van der Waals surface area contributed by atoms with Crippen LogP contribution in [0, 0.1) is 12.7 Å². The molecule has 0 aliphatic carbocycles. The average Bonchev–Trinajstić information content (AvgIpc) is 3.13. The number of benzene rings is 2. The molecule has 1 aliphatic rings. The number of rotatable bonds is 5. The Labute approximate surface area is 162 Å². The number of nitrogens with zero attached hydrogens (tertiary/aromatic N) is 3. The standard InChI is InChI=1S/C21H21FN4O2/c1-14-2-4-15(5-3-14)10-11-23-21(27)20-18-13-28-19(12-26(18)25-24-20)16-6-8-17(22)9-7-16/h2-9,19H,10-13H2,1H3,(H,23,27)/t19-/m0/s1. The highest BCUT2D eigenvalue weighted by Crippen LogP contribution is 2.27. The van der Waals surface area contributed by atoms with Crippen molar-refractivity contribution < 1.29 is 13.9 Å². The number of halogens is 1. The molecule has 1 atom stereocenters. The van der Waals surface area contributed by atoms with Crippen LogP contribution >= 0.6 is 0 Å². The molecule has 2 heterocycles. The zero-order valence-corrected chi connectivity index (χ0v) is 15.6. The molecular formula is C21H21FN4O2. The van der Waals surface area contributed by atoms with Gasteiger partial charge in [-0.25, -0.2) is 9.07 Å². The van der Waals surface area contributed by atoms with Crippen molar-refractivity contribution >= 4 is 5.91 Å². The molecule has 0 fully saturated rings. The summed E-state index contributed by atoms with van der Waals surface area (Å²) in [6, 6.07) is 14.4. The van der Waals surface area contributed by atoms with Crippen LogP contribution in [0.3, 0.4) is 0 Å². The summed E-state index contributed by atoms with van der Waals surface area (Å²) in [5.74, 6) is -0.539. The van der Waals surface area contributed by atoms with E-state index in [2.05, 4.69) is 39.9 Å². The molecule has 0 unspecified atom stereocenters. The number of aryl methyl sites for hydroxylation is 1. The lowest BCUT2D eigenvalue weighted by Crippen LogP contribution is -2.29. The van der Waals surface area contributed by atoms with Crippen molar-refractivity contribution in [3.05, 3.63) is 82.4 Å². The van der Waals surface area contributed by atoms with E-state index in [1.165, 1.54) is 23.3 Å². The van der Waals surface area contributed by atoms with Gasteiger partial charge in [0.05, 0.1) is 18.8 Å². The summed E-state index contributed by atoms with van der Waals surface area (Å²) in [4.78, 5) is 12.5. The molecule has 7 heteroatoms. The summed E-state index contributed by atoms with van der Waals surface area (Å²) in [7, 11) is 0. The summed E-state index contributed by atoms with van der Waals surface area (Å²) < 4.78 is 20.6. The minimum atomic E-state index is -0.286. The van der Waals surface area contributed by atoms with Crippen LogP contribution in [0.4, 0.5) is 4.39 Å². The van der Waals surface area contributed by atoms with Gasteiger partial charge in [0.25, 0.3) is 5.91 Å². The first-order valence-electron chi connectivity index (χ1n) is 9.23. The second-order valence-corrected chi connectivity index (χ2v) is 6.91. The highest BCUT2D eigenvalue weighted by Gasteiger charge is 2.27. The predicted molar refractivity (Wildman–Crippen MR) is 101 cm³/mol. The first-order chi connectivity index (χ1) is 13.6. The second kappa shape index (κ2) is 7.90. The van der Waals surface area contributed by atoms with Crippen LogP contribution in [-0.2, 0) is 24.3 Å². The number of carbonyl (C=O) groups is 1. The molecule has 0 spiro atoms. The maximum absolute atomic E-state index is 13.1. The van der Waals surface area contributed by atoms with Crippen molar-refractivity contribution in [1.29, 1.82) is 0 Å². The highest BCUT2D eigenvalue weighted by atomic mass is 19.1. The molecule has 1 aliphatic heterocycles. The van der Waals surface area contributed by atoms with Crippen molar-refractivity contribution in [1.82, 2.24) is 20.3 Å². The summed E-state index contributed by atoms with van der Waals surface area (Å²) in [5.41, 5.74) is 4.20. The Kier molecular flexibility index (Phi) is 5.16. The Morgan fingerprint density at radius 1 is 1.21 bits per heavy atom. The molecule has 6 nitrogen and oxygen atoms in total. The van der Waals surface area contributed by atoms with Crippen molar-refractivity contribution in [2.75, 3.05) is 6.54 Å². The summed E-state index contributed by atoms with van der Waals surface area (Å²) in [5, 5.41) is 11.0. The van der Waals surface area contributed by atoms with Crippen LogP contribution in [0.1, 0.15) is 39.0 Å². The third-order valence-electron chi connectivity index (χ3n) is 4.87. The van der Waals surface area contributed by atoms with Crippen molar-refractivity contribution in [2.45, 2.75) is 32.6 Å². The zero-order chi connectivity index (χ0) is 19.5. The second-order valence-electron chi connectivity index (χ2n) is 6.91. The Morgan fingerprint density at radius 2 is 1.96 bits per heavy atom. The quantitative estimate of drug-likeness (QED) is 0.739. The van der Waals surface area contributed by atoms with E-state index in [-0.39, 0.29) is 24.4 Å². The molecule has 0 saturated carbocycles. The van der Waals surface area contributed by atoms with E-state index < -0.39 is 0 Å². The van der Waals surface area contributed by atoms with Gasteiger partial charge < -0.3 is 10.1 Å². The number of hydrogen-bond donors (Lipinski definition) is 1. The number of fused-ring (bicyclic) bond motifs is 1. The number of aromatic nitrogens is 3. The van der Waals surface area contributed by atoms with Crippen molar-refractivity contribution in [3.63, 3.8) is 0 Å². The molecule has 144 valence electrons. The minimum Gasteiger partial charge on any atom is -0.365 e. The Bertz CT molecular complexity index is 967. The molecule has 4 rings (SSSR count). The van der Waals surface area contributed by atoms with E-state index in [9.17, 15) is 9.18 Å². The maximum Gasteiger partial charge on any atom is 0.273 e. The van der Waals surface area contributed by atoms with Crippen LogP contribution < -0.4 is 5.32 Å². The van der Waals surface area contributed by atoms with Gasteiger partial charge in [-0.2, -0.15) is 0 Å². The van der Waals surface area contributed by atoms with Crippen molar-refractivity contribution in [2.24, 2.45) is 0 Å². The maximum atomic E-state index is 13.1. The summed E-state index contributed by atoms with van der Waals surface area (Å²) >= 11 is 0. The number of carbonyl (C=O) groups excluding carboxylic acids is 1. The lowest BCUT2D eigenvalue weighted by Gasteiger charge is -2.24. The summed E-state index contributed by atoms with van der Waals surface area (Å²) in [6.45, 7) is 3.23. The fourth-order valence-electron chi connectivity index (χ4n) is 3.23. The fourth-order valence-corrected chi connectivity index (χ4v) is 3.23. The first kappa shape index (κ1) is 18.3. The average molecular weight is 380 g/mol. The van der Waals surface area contributed by atoms with Gasteiger partial charge in [-0.05, 0) is 36.6 Å². The number of amides is 1. The molecule has 2 aromatic carbocycles. The van der Waals surface area contributed by atoms with Gasteiger partial charge in [0, 0.05) is 6.54 Å². The smallest absolute Gasteiger partial charge is 0.273 e. The van der Waals surface area contributed by atoms with Crippen LogP contribution in [0.15, 0.2) is 48.5 Å². The topological polar surface area (TPSA) is 69.0 Å². The molecular weight excluding hydrogens is 359 g/mol. The van der Waals surface area contributed by atoms with Gasteiger partial charge in [-0.15, -0.1) is 5.10 Å². The third-order valence-corrected chi connectivity index (χ3v) is 4.87. The van der Waals surface area contributed by atoms with E-state index in [4.69, 9.17) is 4.74 Å². The fraction of sp³-hybridized carbons (Fsp3) is 0.286. The van der Waals surface area contributed by atoms with E-state index in [1.54, 1.807) is 16.8 Å². The molecule has 0 bridgehead atoms. The van der Waals surface area contributed by atoms with Gasteiger partial charge in [-0.3, -0.25) is 4.79 Å². The zero-order valence-electron chi connectivity index (χ0n) is 15.6. The number of hydrogen-bond acceptors (Lipinski definition) is 4. The molecule has 1 N–H and O–H groups in total. The normalized spacial score (nSPS) is 15.9. The first-order valence-corrected chi connectivity index (χ1v) is 9.23. The van der Waals surface area contributed by atoms with Gasteiger partial charge in [-0.1, -0.05) is 47.2 Å². The monoisotopic (exact) mass is 380 g/mol. The van der Waals surface area contributed by atoms with E-state index in [1.807, 2.05) is 6.92 Å². The highest BCUT2D eigenvalue weighted by molar-refractivity contribution is 5.93. The Morgan fingerprint density at radius 3 is 2.71 bits per heavy atom. The van der Waals surface area contributed by atoms with Crippen LogP contribution in [0.25, 0.3) is 0 Å². The summed E-state index contributed by atoms with van der Waals surface area (Å²) in [6.07, 6.45) is 0.505. The van der Waals surface area contributed by atoms with Gasteiger partial charge in [0.2, 0.25) is 0 Å². The van der Waals surface area contributed by atoms with E-state index >= 15 is 0 Å². The van der Waals surface area contributed by atoms with E-state index in [0.29, 0.717) is 24.5 Å². The largest absolute Gasteiger partial charge is 0.365 e. The molecule has 1 aromatic heterocycles. The minimum absolute atomic E-state index is 0.232. The number of nitrogens with one attached hydrogen (secondary N) is 1. The van der Waals surface area contributed by atoms with Gasteiger partial charge in [0.1, 0.15) is 11.9 Å². The van der Waals surface area contributed by atoms with Gasteiger partial charge >= 0.3 is 0 Å². The predicted octanol–water partition coefficient (Wildman–Crippen LogP) is 2.97. The van der Waals surface area contributed by atoms with Crippen LogP contribution in [-0.4, -0.2) is 27.4 Å². The SMILES string of the molecule is Cc1ccc(CCNC(=O)c2nnn3c2CO[C@H](c2ccc(F)cc2)C3)cc1. The molecule has 0 saturated heterocycles. The Balaban J connectivity index is 1.37. The van der Waals surface area contributed by atoms with Crippen LogP contribution in [0.2, 0.25) is 0 Å². The molecule has 1 amide bonds. The Hall–Kier alpha value is -3.06. The lowest BCUT2D eigenvalue weighted by atomic mass is 10.1. The molecule has 0 radical (unpaired) electrons. The van der Waals surface area contributed by atoms with Crippen molar-refractivity contribution in [3.8, 4) is 0 Å². The van der Waals surface area contributed by atoms with E-state index in [0.717, 1.165) is 12.0 Å². The molecule has 3 aromatic rings. The third kappa shape index (κ3) is 3.94. The number of ether oxygens (including phenoxy) is 1. The van der Waals surface area contributed by atoms with Gasteiger partial charge in [0.15, 0.2) is 5.69 Å². The lowest BCUT2D eigenvalue weighted by molar-refractivity contribution is -0.00180.